The monoisotopic (exact) mass is 464 g/mol. The SMILES string of the molecule is CN=C(NCC(C)Oc1ccc(F)cc1)NCC(C)N(C)C1CC1.I. The van der Waals surface area contributed by atoms with Gasteiger partial charge in [-0.15, -0.1) is 24.0 Å². The lowest BCUT2D eigenvalue weighted by Gasteiger charge is -2.25. The van der Waals surface area contributed by atoms with Crippen molar-refractivity contribution < 1.29 is 9.13 Å². The highest BCUT2D eigenvalue weighted by atomic mass is 127. The number of nitrogens with zero attached hydrogens (tertiary/aromatic N) is 2. The number of hydrogen-bond acceptors (Lipinski definition) is 3. The number of likely N-dealkylation sites (N-methyl/N-ethyl adjacent to an activating group) is 1. The van der Waals surface area contributed by atoms with E-state index in [2.05, 4.69) is 34.5 Å². The zero-order valence-electron chi connectivity index (χ0n) is 15.5. The lowest BCUT2D eigenvalue weighted by atomic mass is 10.3. The van der Waals surface area contributed by atoms with Gasteiger partial charge in [0.1, 0.15) is 17.7 Å². The van der Waals surface area contributed by atoms with Gasteiger partial charge in [-0.1, -0.05) is 0 Å². The number of aliphatic imine (C=N–C) groups is 1. The molecular weight excluding hydrogens is 434 g/mol. The van der Waals surface area contributed by atoms with Crippen molar-refractivity contribution in [2.75, 3.05) is 27.2 Å². The van der Waals surface area contributed by atoms with Crippen molar-refractivity contribution in [2.24, 2.45) is 4.99 Å². The molecule has 25 heavy (non-hydrogen) atoms. The molecule has 1 aliphatic carbocycles. The summed E-state index contributed by atoms with van der Waals surface area (Å²) in [5.41, 5.74) is 0. The highest BCUT2D eigenvalue weighted by Crippen LogP contribution is 2.26. The largest absolute Gasteiger partial charge is 0.489 e. The molecular formula is C18H30FIN4O. The summed E-state index contributed by atoms with van der Waals surface area (Å²) in [5.74, 6) is 1.16. The minimum atomic E-state index is -0.261. The van der Waals surface area contributed by atoms with Crippen LogP contribution in [-0.2, 0) is 0 Å². The van der Waals surface area contributed by atoms with E-state index >= 15 is 0 Å². The summed E-state index contributed by atoms with van der Waals surface area (Å²) in [6.45, 7) is 5.65. The molecule has 0 spiro atoms. The lowest BCUT2D eigenvalue weighted by Crippen LogP contribution is -2.47. The third kappa shape index (κ3) is 7.77. The van der Waals surface area contributed by atoms with E-state index in [9.17, 15) is 4.39 Å². The van der Waals surface area contributed by atoms with Gasteiger partial charge in [0.05, 0.1) is 6.54 Å². The summed E-state index contributed by atoms with van der Waals surface area (Å²) in [6, 6.07) is 7.27. The zero-order chi connectivity index (χ0) is 17.5. The van der Waals surface area contributed by atoms with Crippen LogP contribution in [0.4, 0.5) is 4.39 Å². The highest BCUT2D eigenvalue weighted by Gasteiger charge is 2.28. The molecule has 142 valence electrons. The molecule has 7 heteroatoms. The van der Waals surface area contributed by atoms with Gasteiger partial charge in [0.25, 0.3) is 0 Å². The van der Waals surface area contributed by atoms with Crippen LogP contribution < -0.4 is 15.4 Å². The normalized spacial score (nSPS) is 16.8. The Morgan fingerprint density at radius 2 is 1.84 bits per heavy atom. The number of benzene rings is 1. The molecule has 2 rings (SSSR count). The zero-order valence-corrected chi connectivity index (χ0v) is 17.8. The van der Waals surface area contributed by atoms with E-state index in [4.69, 9.17) is 4.74 Å². The van der Waals surface area contributed by atoms with Crippen molar-refractivity contribution in [1.82, 2.24) is 15.5 Å². The van der Waals surface area contributed by atoms with Crippen LogP contribution in [0, 0.1) is 5.82 Å². The summed E-state index contributed by atoms with van der Waals surface area (Å²) in [4.78, 5) is 6.66. The molecule has 0 amide bonds. The number of rotatable bonds is 8. The highest BCUT2D eigenvalue weighted by molar-refractivity contribution is 14.0. The Hall–Kier alpha value is -1.09. The summed E-state index contributed by atoms with van der Waals surface area (Å²) in [7, 11) is 3.94. The maximum Gasteiger partial charge on any atom is 0.191 e. The van der Waals surface area contributed by atoms with E-state index in [1.807, 2.05) is 6.92 Å². The minimum absolute atomic E-state index is 0. The van der Waals surface area contributed by atoms with E-state index in [0.29, 0.717) is 18.3 Å². The maximum atomic E-state index is 12.9. The molecule has 2 unspecified atom stereocenters. The number of guanidine groups is 1. The van der Waals surface area contributed by atoms with Crippen LogP contribution in [0.15, 0.2) is 29.3 Å². The Balaban J connectivity index is 0.00000312. The van der Waals surface area contributed by atoms with Crippen molar-refractivity contribution in [3.63, 3.8) is 0 Å². The second-order valence-corrected chi connectivity index (χ2v) is 6.46. The third-order valence-corrected chi connectivity index (χ3v) is 4.31. The maximum absolute atomic E-state index is 12.9. The predicted octanol–water partition coefficient (Wildman–Crippen LogP) is 2.86. The fraction of sp³-hybridized carbons (Fsp3) is 0.611. The van der Waals surface area contributed by atoms with E-state index in [1.54, 1.807) is 19.2 Å². The Morgan fingerprint density at radius 3 is 2.40 bits per heavy atom. The van der Waals surface area contributed by atoms with Gasteiger partial charge in [-0.25, -0.2) is 4.39 Å². The van der Waals surface area contributed by atoms with Gasteiger partial charge in [0.2, 0.25) is 0 Å². The quantitative estimate of drug-likeness (QED) is 0.353. The molecule has 5 nitrogen and oxygen atoms in total. The first kappa shape index (κ1) is 22.0. The molecule has 1 fully saturated rings. The summed E-state index contributed by atoms with van der Waals surface area (Å²) in [5, 5.41) is 6.61. The second kappa shape index (κ2) is 10.8. The smallest absolute Gasteiger partial charge is 0.191 e. The molecule has 0 heterocycles. The van der Waals surface area contributed by atoms with Gasteiger partial charge in [0.15, 0.2) is 5.96 Å². The average Bonchev–Trinajstić information content (AvgIpc) is 3.41. The van der Waals surface area contributed by atoms with Gasteiger partial charge < -0.3 is 15.4 Å². The Kier molecular flexibility index (Phi) is 9.48. The van der Waals surface area contributed by atoms with E-state index in [-0.39, 0.29) is 35.9 Å². The van der Waals surface area contributed by atoms with Crippen molar-refractivity contribution in [3.8, 4) is 5.75 Å². The van der Waals surface area contributed by atoms with Crippen LogP contribution in [0.5, 0.6) is 5.75 Å². The molecule has 0 radical (unpaired) electrons. The first-order chi connectivity index (χ1) is 11.5. The molecule has 0 aromatic heterocycles. The topological polar surface area (TPSA) is 48.9 Å². The van der Waals surface area contributed by atoms with Crippen LogP contribution in [0.3, 0.4) is 0 Å². The molecule has 2 N–H and O–H groups in total. The molecule has 2 atom stereocenters. The van der Waals surface area contributed by atoms with Crippen molar-refractivity contribution in [3.05, 3.63) is 30.1 Å². The van der Waals surface area contributed by atoms with Crippen LogP contribution in [0.25, 0.3) is 0 Å². The summed E-state index contributed by atoms with van der Waals surface area (Å²) < 4.78 is 18.6. The number of hydrogen-bond donors (Lipinski definition) is 2. The second-order valence-electron chi connectivity index (χ2n) is 6.46. The molecule has 0 saturated heterocycles. The van der Waals surface area contributed by atoms with Crippen molar-refractivity contribution in [2.45, 2.75) is 44.9 Å². The van der Waals surface area contributed by atoms with Gasteiger partial charge in [0, 0.05) is 25.7 Å². The molecule has 1 aromatic carbocycles. The van der Waals surface area contributed by atoms with Gasteiger partial charge in [-0.05, 0) is 58.0 Å². The first-order valence-electron chi connectivity index (χ1n) is 8.58. The van der Waals surface area contributed by atoms with Crippen molar-refractivity contribution in [1.29, 1.82) is 0 Å². The van der Waals surface area contributed by atoms with Crippen LogP contribution in [0.1, 0.15) is 26.7 Å². The Labute approximate surface area is 167 Å². The number of nitrogens with one attached hydrogen (secondary N) is 2. The van der Waals surface area contributed by atoms with Crippen molar-refractivity contribution >= 4 is 29.9 Å². The number of ether oxygens (including phenoxy) is 1. The Morgan fingerprint density at radius 1 is 1.24 bits per heavy atom. The predicted molar refractivity (Wildman–Crippen MR) is 112 cm³/mol. The fourth-order valence-electron chi connectivity index (χ4n) is 2.48. The van der Waals surface area contributed by atoms with E-state index in [0.717, 1.165) is 18.5 Å². The minimum Gasteiger partial charge on any atom is -0.489 e. The van der Waals surface area contributed by atoms with Gasteiger partial charge in [-0.3, -0.25) is 9.89 Å². The molecule has 1 aromatic rings. The molecule has 0 bridgehead atoms. The van der Waals surface area contributed by atoms with Crippen LogP contribution in [-0.4, -0.2) is 56.2 Å². The van der Waals surface area contributed by atoms with Crippen LogP contribution >= 0.6 is 24.0 Å². The molecule has 0 aliphatic heterocycles. The standard InChI is InChI=1S/C18H29FN4O.HI/c1-13(23(4)16-7-8-16)11-21-18(20-3)22-12-14(2)24-17-9-5-15(19)6-10-17;/h5-6,9-10,13-14,16H,7-8,11-12H2,1-4H3,(H2,20,21,22);1H. The van der Waals surface area contributed by atoms with Gasteiger partial charge >= 0.3 is 0 Å². The average molecular weight is 464 g/mol. The third-order valence-electron chi connectivity index (χ3n) is 4.31. The fourth-order valence-corrected chi connectivity index (χ4v) is 2.48. The summed E-state index contributed by atoms with van der Waals surface area (Å²) in [6.07, 6.45) is 2.57. The lowest BCUT2D eigenvalue weighted by molar-refractivity contribution is 0.223. The number of halogens is 2. The van der Waals surface area contributed by atoms with E-state index < -0.39 is 0 Å². The van der Waals surface area contributed by atoms with E-state index in [1.165, 1.54) is 25.0 Å². The van der Waals surface area contributed by atoms with Crippen LogP contribution in [0.2, 0.25) is 0 Å². The Bertz CT molecular complexity index is 536. The first-order valence-corrected chi connectivity index (χ1v) is 8.58. The summed E-state index contributed by atoms with van der Waals surface area (Å²) >= 11 is 0. The molecule has 1 aliphatic rings. The van der Waals surface area contributed by atoms with Gasteiger partial charge in [-0.2, -0.15) is 0 Å². The molecule has 1 saturated carbocycles.